The first-order chi connectivity index (χ1) is 3.83. The Morgan fingerprint density at radius 1 is 1.88 bits per heavy atom. The lowest BCUT2D eigenvalue weighted by Crippen LogP contribution is -1.75. The zero-order valence-electron chi connectivity index (χ0n) is 3.80. The van der Waals surface area contributed by atoms with Crippen molar-refractivity contribution in [2.45, 2.75) is 0 Å². The number of hydrogen-bond acceptors (Lipinski definition) is 3. The average Bonchev–Trinajstić information content (AvgIpc) is 2.14. The van der Waals surface area contributed by atoms with Crippen LogP contribution in [0.3, 0.4) is 0 Å². The molecule has 1 aromatic heterocycles. The number of carbonyl (C=O) groups is 1. The highest BCUT2D eigenvalue weighted by Gasteiger charge is 1.95. The quantitative estimate of drug-likeness (QED) is 0.528. The van der Waals surface area contributed by atoms with Crippen LogP contribution in [0.4, 0.5) is 0 Å². The predicted molar refractivity (Wildman–Crippen MR) is 34.6 cm³/mol. The van der Waals surface area contributed by atoms with Gasteiger partial charge in [0, 0.05) is 0 Å². The molecule has 0 unspecified atom stereocenters. The Labute approximate surface area is 59.2 Å². The molecule has 0 spiro atoms. The van der Waals surface area contributed by atoms with Crippen LogP contribution in [0.25, 0.3) is 0 Å². The van der Waals surface area contributed by atoms with Crippen LogP contribution in [-0.4, -0.2) is 11.3 Å². The van der Waals surface area contributed by atoms with E-state index in [1.54, 1.807) is 0 Å². The largest absolute Gasteiger partial charge is 0.441 e. The number of halogens is 1. The number of oxazole rings is 1. The first-order valence-corrected chi connectivity index (χ1v) is 2.97. The molecule has 4 heteroatoms. The van der Waals surface area contributed by atoms with Crippen molar-refractivity contribution in [3.63, 3.8) is 0 Å². The van der Waals surface area contributed by atoms with E-state index in [9.17, 15) is 4.79 Å². The molecule has 0 bridgehead atoms. The summed E-state index contributed by atoms with van der Waals surface area (Å²) in [6.45, 7) is 0. The molecule has 1 aromatic rings. The van der Waals surface area contributed by atoms with E-state index in [1.165, 1.54) is 6.26 Å². The Bertz CT molecular complexity index is 196. The smallest absolute Gasteiger partial charge is 0.260 e. The van der Waals surface area contributed by atoms with Crippen LogP contribution in [0.2, 0.25) is 0 Å². The highest BCUT2D eigenvalue weighted by molar-refractivity contribution is 14.1. The summed E-state index contributed by atoms with van der Waals surface area (Å²) in [6, 6.07) is 0. The third-order valence-electron chi connectivity index (χ3n) is 0.595. The van der Waals surface area contributed by atoms with E-state index in [2.05, 4.69) is 9.40 Å². The maximum Gasteiger partial charge on any atom is 0.260 e. The molecule has 1 rings (SSSR count). The number of nitrogens with zero attached hydrogens (tertiary/aromatic N) is 1. The summed E-state index contributed by atoms with van der Waals surface area (Å²) in [5.41, 5.74) is 0. The monoisotopic (exact) mass is 223 g/mol. The van der Waals surface area contributed by atoms with Crippen LogP contribution >= 0.6 is 22.6 Å². The molecule has 0 aliphatic carbocycles. The van der Waals surface area contributed by atoms with Crippen molar-refractivity contribution in [2.75, 3.05) is 0 Å². The average molecular weight is 223 g/mol. The van der Waals surface area contributed by atoms with Gasteiger partial charge >= 0.3 is 0 Å². The molecule has 0 amide bonds. The number of aldehydes is 1. The van der Waals surface area contributed by atoms with Crippen LogP contribution in [0, 0.1) is 3.70 Å². The van der Waals surface area contributed by atoms with E-state index in [4.69, 9.17) is 0 Å². The maximum absolute atomic E-state index is 9.86. The number of hydrogen-bond donors (Lipinski definition) is 0. The van der Waals surface area contributed by atoms with Crippen LogP contribution in [-0.2, 0) is 0 Å². The van der Waals surface area contributed by atoms with Gasteiger partial charge in [-0.15, -0.1) is 0 Å². The van der Waals surface area contributed by atoms with Crippen molar-refractivity contribution >= 4 is 28.9 Å². The number of carbonyl (C=O) groups excluding carboxylic acids is 1. The van der Waals surface area contributed by atoms with E-state index in [0.717, 1.165) is 0 Å². The van der Waals surface area contributed by atoms with E-state index < -0.39 is 0 Å². The standard InChI is InChI=1S/C4H2INO2/c5-3-2-8-4(1-7)6-3/h1-2H. The summed E-state index contributed by atoms with van der Waals surface area (Å²) < 4.78 is 5.33. The summed E-state index contributed by atoms with van der Waals surface area (Å²) in [4.78, 5) is 13.5. The molecule has 0 aliphatic rings. The lowest BCUT2D eigenvalue weighted by Gasteiger charge is -1.67. The van der Waals surface area contributed by atoms with Crippen molar-refractivity contribution in [3.05, 3.63) is 15.9 Å². The van der Waals surface area contributed by atoms with Gasteiger partial charge in [-0.05, 0) is 22.6 Å². The fourth-order valence-corrected chi connectivity index (χ4v) is 0.686. The normalized spacial score (nSPS) is 9.12. The second kappa shape index (κ2) is 2.25. The van der Waals surface area contributed by atoms with Crippen molar-refractivity contribution in [3.8, 4) is 0 Å². The Morgan fingerprint density at radius 2 is 2.62 bits per heavy atom. The molecular weight excluding hydrogens is 221 g/mol. The minimum atomic E-state index is 0.134. The van der Waals surface area contributed by atoms with Crippen molar-refractivity contribution in [2.24, 2.45) is 0 Å². The van der Waals surface area contributed by atoms with Gasteiger partial charge in [0.15, 0.2) is 0 Å². The summed E-state index contributed by atoms with van der Waals surface area (Å²) >= 11 is 1.96. The SMILES string of the molecule is O=Cc1nc(I)co1. The van der Waals surface area contributed by atoms with Crippen molar-refractivity contribution in [1.82, 2.24) is 4.98 Å². The number of rotatable bonds is 1. The van der Waals surface area contributed by atoms with Crippen molar-refractivity contribution in [1.29, 1.82) is 0 Å². The van der Waals surface area contributed by atoms with E-state index >= 15 is 0 Å². The van der Waals surface area contributed by atoms with Gasteiger partial charge in [-0.25, -0.2) is 4.98 Å². The summed E-state index contributed by atoms with van der Waals surface area (Å²) in [5.74, 6) is 0.134. The zero-order chi connectivity index (χ0) is 5.98. The molecule has 8 heavy (non-hydrogen) atoms. The second-order valence-corrected chi connectivity index (χ2v) is 2.23. The van der Waals surface area contributed by atoms with Gasteiger partial charge < -0.3 is 4.42 Å². The topological polar surface area (TPSA) is 43.1 Å². The van der Waals surface area contributed by atoms with E-state index in [-0.39, 0.29) is 5.89 Å². The summed E-state index contributed by atoms with van der Waals surface area (Å²) in [7, 11) is 0. The Morgan fingerprint density at radius 3 is 2.88 bits per heavy atom. The first-order valence-electron chi connectivity index (χ1n) is 1.89. The summed E-state index contributed by atoms with van der Waals surface area (Å²) in [5, 5.41) is 0. The van der Waals surface area contributed by atoms with Gasteiger partial charge in [-0.3, -0.25) is 4.79 Å². The lowest BCUT2D eigenvalue weighted by atomic mass is 10.8. The minimum absolute atomic E-state index is 0.134. The van der Waals surface area contributed by atoms with Crippen LogP contribution in [0.1, 0.15) is 10.7 Å². The molecule has 0 radical (unpaired) electrons. The highest BCUT2D eigenvalue weighted by atomic mass is 127. The lowest BCUT2D eigenvalue weighted by molar-refractivity contribution is 0.109. The van der Waals surface area contributed by atoms with Gasteiger partial charge in [0.2, 0.25) is 6.29 Å². The molecule has 0 fully saturated rings. The molecule has 0 aliphatic heterocycles. The van der Waals surface area contributed by atoms with Gasteiger partial charge in [0.1, 0.15) is 9.96 Å². The third kappa shape index (κ3) is 1.06. The molecule has 3 nitrogen and oxygen atoms in total. The van der Waals surface area contributed by atoms with Gasteiger partial charge in [-0.2, -0.15) is 0 Å². The fourth-order valence-electron chi connectivity index (χ4n) is 0.321. The third-order valence-corrected chi connectivity index (χ3v) is 1.09. The van der Waals surface area contributed by atoms with Crippen LogP contribution in [0.5, 0.6) is 0 Å². The highest BCUT2D eigenvalue weighted by Crippen LogP contribution is 2.01. The molecular formula is C4H2INO2. The fraction of sp³-hybridized carbons (Fsp3) is 0. The van der Waals surface area contributed by atoms with E-state index in [0.29, 0.717) is 9.99 Å². The second-order valence-electron chi connectivity index (χ2n) is 1.13. The maximum atomic E-state index is 9.86. The van der Waals surface area contributed by atoms with Crippen LogP contribution in [0.15, 0.2) is 10.7 Å². The van der Waals surface area contributed by atoms with Crippen LogP contribution < -0.4 is 0 Å². The van der Waals surface area contributed by atoms with Gasteiger partial charge in [0.05, 0.1) is 0 Å². The Kier molecular flexibility index (Phi) is 1.62. The summed E-state index contributed by atoms with van der Waals surface area (Å²) in [6.07, 6.45) is 1.99. The molecule has 0 atom stereocenters. The molecule has 0 saturated carbocycles. The molecule has 1 heterocycles. The molecule has 0 N–H and O–H groups in total. The zero-order valence-corrected chi connectivity index (χ0v) is 5.95. The first kappa shape index (κ1) is 5.74. The predicted octanol–water partition coefficient (Wildman–Crippen LogP) is 1.09. The number of aromatic nitrogens is 1. The minimum Gasteiger partial charge on any atom is -0.441 e. The van der Waals surface area contributed by atoms with Gasteiger partial charge in [0.25, 0.3) is 5.89 Å². The van der Waals surface area contributed by atoms with Crippen molar-refractivity contribution < 1.29 is 9.21 Å². The molecule has 0 aromatic carbocycles. The molecule has 0 saturated heterocycles. The Balaban J connectivity index is 3.00. The van der Waals surface area contributed by atoms with Gasteiger partial charge in [-0.1, -0.05) is 0 Å². The molecule has 42 valence electrons. The van der Waals surface area contributed by atoms with E-state index in [1.807, 2.05) is 22.6 Å². The Hall–Kier alpha value is -0.390.